The third-order valence-electron chi connectivity index (χ3n) is 3.30. The van der Waals surface area contributed by atoms with Crippen LogP contribution in [0.1, 0.15) is 16.0 Å². The van der Waals surface area contributed by atoms with E-state index in [-0.39, 0.29) is 4.83 Å². The molecular weight excluding hydrogens is 328 g/mol. The first-order valence-electron chi connectivity index (χ1n) is 6.66. The number of hydrogen-bond donors (Lipinski definition) is 0. The molecule has 0 aliphatic rings. The van der Waals surface area contributed by atoms with E-state index in [0.717, 1.165) is 22.6 Å². The van der Waals surface area contributed by atoms with E-state index in [1.54, 1.807) is 7.11 Å². The second-order valence-electron chi connectivity index (χ2n) is 4.69. The number of nitrogens with zero attached hydrogens (tertiary/aromatic N) is 2. The molecule has 21 heavy (non-hydrogen) atoms. The minimum absolute atomic E-state index is 0.0880. The highest BCUT2D eigenvalue weighted by Gasteiger charge is 2.13. The van der Waals surface area contributed by atoms with Crippen molar-refractivity contribution in [2.45, 2.75) is 4.83 Å². The zero-order valence-electron chi connectivity index (χ0n) is 11.6. The number of ether oxygens (including phenoxy) is 1. The van der Waals surface area contributed by atoms with Crippen molar-refractivity contribution in [3.63, 3.8) is 0 Å². The molecule has 0 aliphatic carbocycles. The van der Waals surface area contributed by atoms with Crippen LogP contribution in [0, 0.1) is 0 Å². The molecule has 0 fully saturated rings. The fourth-order valence-corrected chi connectivity index (χ4v) is 2.70. The molecule has 3 nitrogen and oxygen atoms in total. The highest BCUT2D eigenvalue weighted by atomic mass is 79.9. The van der Waals surface area contributed by atoms with Gasteiger partial charge in [0.2, 0.25) is 0 Å². The molecule has 0 aliphatic heterocycles. The summed E-state index contributed by atoms with van der Waals surface area (Å²) in [5, 5.41) is 4.43. The van der Waals surface area contributed by atoms with Gasteiger partial charge in [-0.3, -0.25) is 0 Å². The summed E-state index contributed by atoms with van der Waals surface area (Å²) in [6.07, 6.45) is 3.92. The summed E-state index contributed by atoms with van der Waals surface area (Å²) in [6.45, 7) is 0. The van der Waals surface area contributed by atoms with Crippen LogP contribution in [-0.4, -0.2) is 16.9 Å². The highest BCUT2D eigenvalue weighted by Crippen LogP contribution is 2.32. The molecule has 106 valence electrons. The van der Waals surface area contributed by atoms with Crippen molar-refractivity contribution in [1.29, 1.82) is 0 Å². The minimum Gasteiger partial charge on any atom is -0.497 e. The molecule has 2 aromatic carbocycles. The van der Waals surface area contributed by atoms with Crippen LogP contribution in [0.3, 0.4) is 0 Å². The van der Waals surface area contributed by atoms with Gasteiger partial charge in [-0.1, -0.05) is 46.3 Å². The van der Waals surface area contributed by atoms with Crippen LogP contribution < -0.4 is 4.74 Å². The number of hydrogen-bond acceptors (Lipinski definition) is 2. The average Bonchev–Trinajstić information content (AvgIpc) is 3.05. The summed E-state index contributed by atoms with van der Waals surface area (Å²) in [5.41, 5.74) is 3.29. The lowest BCUT2D eigenvalue weighted by atomic mass is 10.1. The summed E-state index contributed by atoms with van der Waals surface area (Å²) >= 11 is 3.73. The van der Waals surface area contributed by atoms with Crippen molar-refractivity contribution in [3.05, 3.63) is 78.1 Å². The maximum atomic E-state index is 5.27. The first-order valence-corrected chi connectivity index (χ1v) is 7.57. The summed E-state index contributed by atoms with van der Waals surface area (Å²) in [6, 6.07) is 18.1. The summed E-state index contributed by atoms with van der Waals surface area (Å²) in [7, 11) is 1.68. The molecule has 0 radical (unpaired) electrons. The Balaban J connectivity index is 1.88. The molecule has 1 heterocycles. The van der Waals surface area contributed by atoms with Gasteiger partial charge in [0.15, 0.2) is 0 Å². The molecule has 1 unspecified atom stereocenters. The fraction of sp³-hybridized carbons (Fsp3) is 0.118. The zero-order chi connectivity index (χ0) is 14.7. The van der Waals surface area contributed by atoms with E-state index in [4.69, 9.17) is 4.74 Å². The first kappa shape index (κ1) is 13.9. The Bertz CT molecular complexity index is 724. The number of alkyl halides is 1. The Morgan fingerprint density at radius 2 is 1.86 bits per heavy atom. The van der Waals surface area contributed by atoms with Crippen LogP contribution in [-0.2, 0) is 0 Å². The number of rotatable bonds is 4. The molecular formula is C17H15BrN2O. The largest absolute Gasteiger partial charge is 0.497 e. The van der Waals surface area contributed by atoms with Gasteiger partial charge in [0.05, 0.1) is 23.8 Å². The van der Waals surface area contributed by atoms with E-state index in [2.05, 4.69) is 27.1 Å². The van der Waals surface area contributed by atoms with Crippen molar-refractivity contribution >= 4 is 15.9 Å². The first-order chi connectivity index (χ1) is 10.3. The Kier molecular flexibility index (Phi) is 4.06. The van der Waals surface area contributed by atoms with Crippen LogP contribution in [0.25, 0.3) is 5.69 Å². The van der Waals surface area contributed by atoms with Crippen molar-refractivity contribution in [2.75, 3.05) is 7.11 Å². The van der Waals surface area contributed by atoms with Crippen molar-refractivity contribution < 1.29 is 4.74 Å². The number of methoxy groups -OCH3 is 1. The second kappa shape index (κ2) is 6.14. The summed E-state index contributed by atoms with van der Waals surface area (Å²) in [4.78, 5) is 0.0880. The Hall–Kier alpha value is -2.07. The third kappa shape index (κ3) is 3.00. The van der Waals surface area contributed by atoms with Crippen molar-refractivity contribution in [1.82, 2.24) is 9.78 Å². The van der Waals surface area contributed by atoms with Gasteiger partial charge >= 0.3 is 0 Å². The SMILES string of the molecule is COc1cccc(C(Br)c2cnn(-c3ccccc3)c2)c1. The zero-order valence-corrected chi connectivity index (χ0v) is 13.2. The highest BCUT2D eigenvalue weighted by molar-refractivity contribution is 9.09. The van der Waals surface area contributed by atoms with Gasteiger partial charge < -0.3 is 4.74 Å². The molecule has 0 saturated carbocycles. The molecule has 4 heteroatoms. The predicted molar refractivity (Wildman–Crippen MR) is 87.3 cm³/mol. The van der Waals surface area contributed by atoms with E-state index in [9.17, 15) is 0 Å². The van der Waals surface area contributed by atoms with E-state index < -0.39 is 0 Å². The van der Waals surface area contributed by atoms with Gasteiger partial charge in [0.1, 0.15) is 5.75 Å². The van der Waals surface area contributed by atoms with E-state index in [1.165, 1.54) is 0 Å². The maximum absolute atomic E-state index is 5.27. The molecule has 3 aromatic rings. The van der Waals surface area contributed by atoms with Crippen molar-refractivity contribution in [2.24, 2.45) is 0 Å². The molecule has 1 aromatic heterocycles. The lowest BCUT2D eigenvalue weighted by Crippen LogP contribution is -1.94. The quantitative estimate of drug-likeness (QED) is 0.658. The van der Waals surface area contributed by atoms with Gasteiger partial charge in [-0.2, -0.15) is 5.10 Å². The maximum Gasteiger partial charge on any atom is 0.119 e. The second-order valence-corrected chi connectivity index (χ2v) is 5.61. The molecule has 0 bridgehead atoms. The monoisotopic (exact) mass is 342 g/mol. The topological polar surface area (TPSA) is 27.1 Å². The lowest BCUT2D eigenvalue weighted by molar-refractivity contribution is 0.414. The Morgan fingerprint density at radius 3 is 2.62 bits per heavy atom. The number of aromatic nitrogens is 2. The van der Waals surface area contributed by atoms with E-state index in [1.807, 2.05) is 65.6 Å². The van der Waals surface area contributed by atoms with Crippen LogP contribution in [0.2, 0.25) is 0 Å². The molecule has 1 atom stereocenters. The number of benzene rings is 2. The van der Waals surface area contributed by atoms with Crippen LogP contribution in [0.4, 0.5) is 0 Å². The number of para-hydroxylation sites is 1. The average molecular weight is 343 g/mol. The van der Waals surface area contributed by atoms with Crippen LogP contribution in [0.15, 0.2) is 67.0 Å². The number of halogens is 1. The van der Waals surface area contributed by atoms with Crippen LogP contribution >= 0.6 is 15.9 Å². The van der Waals surface area contributed by atoms with E-state index >= 15 is 0 Å². The summed E-state index contributed by atoms with van der Waals surface area (Å²) in [5.74, 6) is 0.854. The minimum atomic E-state index is 0.0880. The third-order valence-corrected chi connectivity index (χ3v) is 4.36. The van der Waals surface area contributed by atoms with Gasteiger partial charge in [0.25, 0.3) is 0 Å². The molecule has 0 spiro atoms. The van der Waals surface area contributed by atoms with Crippen LogP contribution in [0.5, 0.6) is 5.75 Å². The molecule has 0 amide bonds. The van der Waals surface area contributed by atoms with Crippen molar-refractivity contribution in [3.8, 4) is 11.4 Å². The standard InChI is InChI=1S/C17H15BrN2O/c1-21-16-9-5-6-13(10-16)17(18)14-11-19-20(12-14)15-7-3-2-4-8-15/h2-12,17H,1H3. The molecule has 3 rings (SSSR count). The van der Waals surface area contributed by atoms with Gasteiger partial charge in [0, 0.05) is 11.8 Å². The smallest absolute Gasteiger partial charge is 0.119 e. The lowest BCUT2D eigenvalue weighted by Gasteiger charge is -2.09. The normalized spacial score (nSPS) is 12.1. The Labute approximate surface area is 132 Å². The molecule has 0 saturated heterocycles. The Morgan fingerprint density at radius 1 is 1.05 bits per heavy atom. The van der Waals surface area contributed by atoms with Gasteiger partial charge in [-0.25, -0.2) is 4.68 Å². The predicted octanol–water partition coefficient (Wildman–Crippen LogP) is 4.37. The van der Waals surface area contributed by atoms with E-state index in [0.29, 0.717) is 0 Å². The summed E-state index contributed by atoms with van der Waals surface area (Å²) < 4.78 is 7.15. The fourth-order valence-electron chi connectivity index (χ4n) is 2.18. The molecule has 0 N–H and O–H groups in total. The van der Waals surface area contributed by atoms with Gasteiger partial charge in [-0.05, 0) is 29.8 Å². The van der Waals surface area contributed by atoms with Gasteiger partial charge in [-0.15, -0.1) is 0 Å².